The van der Waals surface area contributed by atoms with Crippen molar-refractivity contribution in [3.63, 3.8) is 0 Å². The Bertz CT molecular complexity index is 481. The van der Waals surface area contributed by atoms with Gasteiger partial charge in [-0.25, -0.2) is 0 Å². The molecule has 0 aromatic heterocycles. The number of hydrogen-bond donors (Lipinski definition) is 2. The molecule has 128 valence electrons. The molecule has 4 unspecified atom stereocenters. The van der Waals surface area contributed by atoms with Gasteiger partial charge in [0.05, 0.1) is 12.6 Å². The summed E-state index contributed by atoms with van der Waals surface area (Å²) in [5.41, 5.74) is 6.36. The summed E-state index contributed by atoms with van der Waals surface area (Å²) >= 11 is 0. The number of fused-ring (bicyclic) bond motifs is 3. The van der Waals surface area contributed by atoms with Crippen LogP contribution in [-0.4, -0.2) is 41.4 Å². The number of nitrogens with two attached hydrogens (primary N) is 1. The van der Waals surface area contributed by atoms with E-state index in [9.17, 15) is 9.59 Å². The second-order valence-electron chi connectivity index (χ2n) is 8.19. The zero-order valence-electron chi connectivity index (χ0n) is 13.9. The molecule has 3 saturated carbocycles. The van der Waals surface area contributed by atoms with Crippen LogP contribution < -0.4 is 11.1 Å². The summed E-state index contributed by atoms with van der Waals surface area (Å²) in [6, 6.07) is 0.698. The fourth-order valence-electron chi connectivity index (χ4n) is 5.64. The van der Waals surface area contributed by atoms with Crippen molar-refractivity contribution in [2.24, 2.45) is 23.5 Å². The lowest BCUT2D eigenvalue weighted by molar-refractivity contribution is -0.149. The molecular formula is C18H29N3O2. The molecule has 1 aliphatic heterocycles. The van der Waals surface area contributed by atoms with Crippen LogP contribution in [0.25, 0.3) is 0 Å². The number of amides is 2. The van der Waals surface area contributed by atoms with Crippen LogP contribution in [0.4, 0.5) is 0 Å². The van der Waals surface area contributed by atoms with Crippen LogP contribution in [0.15, 0.2) is 0 Å². The van der Waals surface area contributed by atoms with Gasteiger partial charge in [-0.1, -0.05) is 19.3 Å². The first-order valence-electron chi connectivity index (χ1n) is 9.49. The van der Waals surface area contributed by atoms with Crippen LogP contribution in [0.3, 0.4) is 0 Å². The van der Waals surface area contributed by atoms with Gasteiger partial charge in [0, 0.05) is 18.0 Å². The van der Waals surface area contributed by atoms with E-state index in [1.54, 1.807) is 0 Å². The number of carbonyl (C=O) groups excluding carboxylic acids is 2. The van der Waals surface area contributed by atoms with E-state index in [1.165, 1.54) is 25.7 Å². The minimum Gasteiger partial charge on any atom is -0.350 e. The molecule has 23 heavy (non-hydrogen) atoms. The maximum Gasteiger partial charge on any atom is 0.239 e. The van der Waals surface area contributed by atoms with E-state index in [0.717, 1.165) is 32.1 Å². The summed E-state index contributed by atoms with van der Waals surface area (Å²) in [7, 11) is 0. The normalized spacial score (nSPS) is 43.5. The van der Waals surface area contributed by atoms with Gasteiger partial charge in [0.25, 0.3) is 0 Å². The van der Waals surface area contributed by atoms with Gasteiger partial charge in [-0.2, -0.15) is 0 Å². The van der Waals surface area contributed by atoms with Crippen LogP contribution in [0.1, 0.15) is 57.8 Å². The summed E-state index contributed by atoms with van der Waals surface area (Å²) in [5, 5.41) is 3.10. The fraction of sp³-hybridized carbons (Fsp3) is 0.889. The summed E-state index contributed by atoms with van der Waals surface area (Å²) < 4.78 is 0. The van der Waals surface area contributed by atoms with Crippen molar-refractivity contribution in [2.45, 2.75) is 75.9 Å². The van der Waals surface area contributed by atoms with Gasteiger partial charge in [-0.3, -0.25) is 9.59 Å². The van der Waals surface area contributed by atoms with Crippen LogP contribution in [-0.2, 0) is 9.59 Å². The standard InChI is InChI=1S/C18H29N3O2/c19-17-11-4-3-5-12(17)9-13(8-11)18(23)21-10-16(22)20-14-6-1-2-7-15(14)21/h11-15,17H,1-10,19H2,(H,20,22). The monoisotopic (exact) mass is 319 g/mol. The number of carbonyl (C=O) groups is 2. The van der Waals surface area contributed by atoms with Gasteiger partial charge >= 0.3 is 0 Å². The molecule has 4 rings (SSSR count). The summed E-state index contributed by atoms with van der Waals surface area (Å²) in [5.74, 6) is 1.38. The van der Waals surface area contributed by atoms with Gasteiger partial charge < -0.3 is 16.0 Å². The third-order valence-corrected chi connectivity index (χ3v) is 6.84. The van der Waals surface area contributed by atoms with Gasteiger partial charge in [0.1, 0.15) is 0 Å². The number of hydrogen-bond acceptors (Lipinski definition) is 3. The van der Waals surface area contributed by atoms with E-state index < -0.39 is 0 Å². The number of rotatable bonds is 1. The van der Waals surface area contributed by atoms with Gasteiger partial charge in [-0.15, -0.1) is 0 Å². The highest BCUT2D eigenvalue weighted by molar-refractivity contribution is 5.88. The number of nitrogens with zero attached hydrogens (tertiary/aromatic N) is 1. The van der Waals surface area contributed by atoms with Crippen molar-refractivity contribution in [3.8, 4) is 0 Å². The molecular weight excluding hydrogens is 290 g/mol. The van der Waals surface area contributed by atoms with Gasteiger partial charge in [-0.05, 0) is 50.4 Å². The average Bonchev–Trinajstić information content (AvgIpc) is 2.53. The summed E-state index contributed by atoms with van der Waals surface area (Å²) in [6.07, 6.45) is 9.87. The van der Waals surface area contributed by atoms with Crippen molar-refractivity contribution >= 4 is 11.8 Å². The Labute approximate surface area is 138 Å². The molecule has 4 fully saturated rings. The Morgan fingerprint density at radius 1 is 1.04 bits per heavy atom. The van der Waals surface area contributed by atoms with Crippen molar-refractivity contribution in [1.82, 2.24) is 10.2 Å². The van der Waals surface area contributed by atoms with E-state index in [0.29, 0.717) is 17.9 Å². The first kappa shape index (κ1) is 15.4. The molecule has 1 saturated heterocycles. The van der Waals surface area contributed by atoms with Crippen LogP contribution in [0, 0.1) is 17.8 Å². The van der Waals surface area contributed by atoms with Crippen LogP contribution in [0.2, 0.25) is 0 Å². The minimum absolute atomic E-state index is 0.0224. The highest BCUT2D eigenvalue weighted by Crippen LogP contribution is 2.43. The first-order chi connectivity index (χ1) is 11.1. The Kier molecular flexibility index (Phi) is 4.08. The lowest BCUT2D eigenvalue weighted by Gasteiger charge is -2.48. The molecule has 2 amide bonds. The lowest BCUT2D eigenvalue weighted by Crippen LogP contribution is -2.64. The van der Waals surface area contributed by atoms with Crippen molar-refractivity contribution < 1.29 is 9.59 Å². The van der Waals surface area contributed by atoms with E-state index >= 15 is 0 Å². The zero-order chi connectivity index (χ0) is 16.0. The van der Waals surface area contributed by atoms with E-state index in [4.69, 9.17) is 5.73 Å². The number of piperazine rings is 1. The van der Waals surface area contributed by atoms with E-state index in [-0.39, 0.29) is 36.4 Å². The highest BCUT2D eigenvalue weighted by Gasteiger charge is 2.45. The fourth-order valence-corrected chi connectivity index (χ4v) is 5.64. The quantitative estimate of drug-likeness (QED) is 0.767. The molecule has 3 N–H and O–H groups in total. The molecule has 0 aromatic carbocycles. The zero-order valence-corrected chi connectivity index (χ0v) is 13.9. The Morgan fingerprint density at radius 2 is 1.74 bits per heavy atom. The Hall–Kier alpha value is -1.10. The second-order valence-corrected chi connectivity index (χ2v) is 8.19. The maximum atomic E-state index is 13.2. The molecule has 4 aliphatic rings. The smallest absolute Gasteiger partial charge is 0.239 e. The van der Waals surface area contributed by atoms with Crippen LogP contribution >= 0.6 is 0 Å². The van der Waals surface area contributed by atoms with Gasteiger partial charge in [0.15, 0.2) is 0 Å². The second kappa shape index (κ2) is 6.08. The Morgan fingerprint density at radius 3 is 2.48 bits per heavy atom. The highest BCUT2D eigenvalue weighted by atomic mass is 16.2. The molecule has 2 bridgehead atoms. The molecule has 1 heterocycles. The maximum absolute atomic E-state index is 13.2. The summed E-state index contributed by atoms with van der Waals surface area (Å²) in [6.45, 7) is 0.262. The average molecular weight is 319 g/mol. The largest absolute Gasteiger partial charge is 0.350 e. The van der Waals surface area contributed by atoms with Crippen molar-refractivity contribution in [3.05, 3.63) is 0 Å². The third-order valence-electron chi connectivity index (χ3n) is 6.84. The molecule has 4 atom stereocenters. The molecule has 0 spiro atoms. The summed E-state index contributed by atoms with van der Waals surface area (Å²) in [4.78, 5) is 27.2. The van der Waals surface area contributed by atoms with Crippen LogP contribution in [0.5, 0.6) is 0 Å². The lowest BCUT2D eigenvalue weighted by atomic mass is 9.64. The molecule has 0 radical (unpaired) electrons. The predicted molar refractivity (Wildman–Crippen MR) is 87.4 cm³/mol. The van der Waals surface area contributed by atoms with E-state index in [1.807, 2.05) is 4.90 Å². The molecule has 5 nitrogen and oxygen atoms in total. The first-order valence-corrected chi connectivity index (χ1v) is 9.49. The topological polar surface area (TPSA) is 75.4 Å². The molecule has 0 aromatic rings. The molecule has 5 heteroatoms. The minimum atomic E-state index is 0.0224. The number of nitrogens with one attached hydrogen (secondary N) is 1. The SMILES string of the molecule is NC1C2CCCC1CC(C(=O)N1CC(=O)NC3CCCCC31)C2. The van der Waals surface area contributed by atoms with E-state index in [2.05, 4.69) is 5.32 Å². The third kappa shape index (κ3) is 2.77. The molecule has 3 aliphatic carbocycles. The van der Waals surface area contributed by atoms with Crippen molar-refractivity contribution in [1.29, 1.82) is 0 Å². The van der Waals surface area contributed by atoms with Gasteiger partial charge in [0.2, 0.25) is 11.8 Å². The van der Waals surface area contributed by atoms with Crippen molar-refractivity contribution in [2.75, 3.05) is 6.54 Å². The predicted octanol–water partition coefficient (Wildman–Crippen LogP) is 1.41. The Balaban J connectivity index is 1.50.